The summed E-state index contributed by atoms with van der Waals surface area (Å²) in [7, 11) is 4.16. The van der Waals surface area contributed by atoms with Crippen molar-refractivity contribution in [2.75, 3.05) is 60.0 Å². The van der Waals surface area contributed by atoms with E-state index in [4.69, 9.17) is 4.74 Å². The summed E-state index contributed by atoms with van der Waals surface area (Å²) in [5.41, 5.74) is 0.0000252. The standard InChI is InChI=1S/C17H33N3O3/c1-4-23-16(22)19-10-6-15(7-11-19)20-9-5-8-17(13-20,14-21)12-18(2)3/h15,21H,4-14H2,1-3H3. The van der Waals surface area contributed by atoms with Crippen molar-refractivity contribution in [2.45, 2.75) is 38.6 Å². The minimum Gasteiger partial charge on any atom is -0.450 e. The van der Waals surface area contributed by atoms with Crippen molar-refractivity contribution in [3.8, 4) is 0 Å². The molecular formula is C17H33N3O3. The Balaban J connectivity index is 1.89. The summed E-state index contributed by atoms with van der Waals surface area (Å²) in [5, 5.41) is 9.96. The molecule has 0 aromatic carbocycles. The highest BCUT2D eigenvalue weighted by atomic mass is 16.6. The van der Waals surface area contributed by atoms with Crippen LogP contribution in [0.2, 0.25) is 0 Å². The highest BCUT2D eigenvalue weighted by molar-refractivity contribution is 5.67. The Labute approximate surface area is 140 Å². The Morgan fingerprint density at radius 1 is 1.30 bits per heavy atom. The first-order chi connectivity index (χ1) is 11.0. The van der Waals surface area contributed by atoms with Crippen LogP contribution in [0.15, 0.2) is 0 Å². The number of aliphatic hydroxyl groups excluding tert-OH is 1. The van der Waals surface area contributed by atoms with Crippen molar-refractivity contribution in [2.24, 2.45) is 5.41 Å². The fourth-order valence-electron chi connectivity index (χ4n) is 4.17. The van der Waals surface area contributed by atoms with Crippen molar-refractivity contribution < 1.29 is 14.6 Å². The van der Waals surface area contributed by atoms with E-state index >= 15 is 0 Å². The van der Waals surface area contributed by atoms with Gasteiger partial charge in [-0.15, -0.1) is 0 Å². The summed E-state index contributed by atoms with van der Waals surface area (Å²) in [6, 6.07) is 0.522. The van der Waals surface area contributed by atoms with Gasteiger partial charge in [0.1, 0.15) is 0 Å². The van der Waals surface area contributed by atoms with Gasteiger partial charge in [0.25, 0.3) is 0 Å². The molecule has 0 aromatic heterocycles. The third-order valence-corrected chi connectivity index (χ3v) is 5.18. The van der Waals surface area contributed by atoms with Gasteiger partial charge in [0, 0.05) is 37.6 Å². The molecule has 2 saturated heterocycles. The summed E-state index contributed by atoms with van der Waals surface area (Å²) < 4.78 is 5.09. The number of amides is 1. The molecular weight excluding hydrogens is 294 g/mol. The number of rotatable bonds is 5. The Hall–Kier alpha value is -0.850. The number of likely N-dealkylation sites (tertiary alicyclic amines) is 2. The fraction of sp³-hybridized carbons (Fsp3) is 0.941. The van der Waals surface area contributed by atoms with Gasteiger partial charge in [0.15, 0.2) is 0 Å². The molecule has 1 amide bonds. The van der Waals surface area contributed by atoms with Crippen LogP contribution >= 0.6 is 0 Å². The molecule has 6 heteroatoms. The number of carbonyl (C=O) groups is 1. The van der Waals surface area contributed by atoms with E-state index in [2.05, 4.69) is 23.9 Å². The van der Waals surface area contributed by atoms with Crippen molar-refractivity contribution in [1.29, 1.82) is 0 Å². The number of hydrogen-bond acceptors (Lipinski definition) is 5. The van der Waals surface area contributed by atoms with E-state index in [1.54, 1.807) is 0 Å². The average Bonchev–Trinajstić information content (AvgIpc) is 2.55. The molecule has 134 valence electrons. The third kappa shape index (κ3) is 4.81. The molecule has 6 nitrogen and oxygen atoms in total. The van der Waals surface area contributed by atoms with Crippen LogP contribution in [0.3, 0.4) is 0 Å². The lowest BCUT2D eigenvalue weighted by Crippen LogP contribution is -2.55. The summed E-state index contributed by atoms with van der Waals surface area (Å²) >= 11 is 0. The van der Waals surface area contributed by atoms with Crippen molar-refractivity contribution in [3.05, 3.63) is 0 Å². The van der Waals surface area contributed by atoms with Crippen LogP contribution in [0.25, 0.3) is 0 Å². The monoisotopic (exact) mass is 327 g/mol. The minimum atomic E-state index is -0.179. The maximum absolute atomic E-state index is 11.8. The van der Waals surface area contributed by atoms with Crippen LogP contribution in [0.1, 0.15) is 32.6 Å². The van der Waals surface area contributed by atoms with Crippen LogP contribution in [0.5, 0.6) is 0 Å². The number of nitrogens with zero attached hydrogens (tertiary/aromatic N) is 3. The Kier molecular flexibility index (Phi) is 6.68. The van der Waals surface area contributed by atoms with Gasteiger partial charge in [-0.05, 0) is 53.2 Å². The number of carbonyl (C=O) groups excluding carboxylic acids is 1. The number of ether oxygens (including phenoxy) is 1. The molecule has 0 saturated carbocycles. The van der Waals surface area contributed by atoms with Gasteiger partial charge < -0.3 is 19.6 Å². The van der Waals surface area contributed by atoms with Crippen LogP contribution in [0, 0.1) is 5.41 Å². The van der Waals surface area contributed by atoms with Crippen LogP contribution < -0.4 is 0 Å². The number of piperidine rings is 2. The summed E-state index contributed by atoms with van der Waals surface area (Å²) in [6.45, 7) is 7.10. The van der Waals surface area contributed by atoms with E-state index in [9.17, 15) is 9.90 Å². The smallest absolute Gasteiger partial charge is 0.409 e. The van der Waals surface area contributed by atoms with Gasteiger partial charge >= 0.3 is 6.09 Å². The Morgan fingerprint density at radius 3 is 2.57 bits per heavy atom. The van der Waals surface area contributed by atoms with E-state index < -0.39 is 0 Å². The third-order valence-electron chi connectivity index (χ3n) is 5.18. The zero-order valence-corrected chi connectivity index (χ0v) is 15.0. The van der Waals surface area contributed by atoms with Gasteiger partial charge in [-0.2, -0.15) is 0 Å². The molecule has 23 heavy (non-hydrogen) atoms. The van der Waals surface area contributed by atoms with Crippen molar-refractivity contribution in [3.63, 3.8) is 0 Å². The highest BCUT2D eigenvalue weighted by Crippen LogP contribution is 2.33. The van der Waals surface area contributed by atoms with Crippen molar-refractivity contribution >= 4 is 6.09 Å². The largest absolute Gasteiger partial charge is 0.450 e. The molecule has 1 atom stereocenters. The first kappa shape index (κ1) is 18.5. The maximum Gasteiger partial charge on any atom is 0.409 e. The van der Waals surface area contributed by atoms with Crippen LogP contribution in [-0.2, 0) is 4.74 Å². The van der Waals surface area contributed by atoms with E-state index in [0.29, 0.717) is 12.6 Å². The summed E-state index contributed by atoms with van der Waals surface area (Å²) in [4.78, 5) is 18.4. The molecule has 0 spiro atoms. The second-order valence-corrected chi connectivity index (χ2v) is 7.39. The number of aliphatic hydroxyl groups is 1. The van der Waals surface area contributed by atoms with E-state index in [-0.39, 0.29) is 18.1 Å². The molecule has 2 rings (SSSR count). The quantitative estimate of drug-likeness (QED) is 0.823. The summed E-state index contributed by atoms with van der Waals surface area (Å²) in [5.74, 6) is 0. The minimum absolute atomic E-state index is 0.0000252. The molecule has 2 heterocycles. The van der Waals surface area contributed by atoms with Gasteiger partial charge in [0.05, 0.1) is 13.2 Å². The lowest BCUT2D eigenvalue weighted by atomic mass is 9.79. The van der Waals surface area contributed by atoms with Gasteiger partial charge in [-0.25, -0.2) is 4.79 Å². The average molecular weight is 327 g/mol. The zero-order chi connectivity index (χ0) is 16.9. The lowest BCUT2D eigenvalue weighted by Gasteiger charge is -2.47. The van der Waals surface area contributed by atoms with E-state index in [0.717, 1.165) is 58.4 Å². The SMILES string of the molecule is CCOC(=O)N1CCC(N2CCCC(CO)(CN(C)C)C2)CC1. The molecule has 2 fully saturated rings. The molecule has 0 aliphatic carbocycles. The maximum atomic E-state index is 11.8. The first-order valence-electron chi connectivity index (χ1n) is 8.91. The second-order valence-electron chi connectivity index (χ2n) is 7.39. The summed E-state index contributed by atoms with van der Waals surface area (Å²) in [6.07, 6.45) is 4.07. The molecule has 1 N–H and O–H groups in total. The van der Waals surface area contributed by atoms with Crippen molar-refractivity contribution in [1.82, 2.24) is 14.7 Å². The molecule has 1 unspecified atom stereocenters. The number of hydrogen-bond donors (Lipinski definition) is 1. The van der Waals surface area contributed by atoms with Gasteiger partial charge in [-0.1, -0.05) is 0 Å². The van der Waals surface area contributed by atoms with Gasteiger partial charge in [0.2, 0.25) is 0 Å². The van der Waals surface area contributed by atoms with E-state index in [1.165, 1.54) is 0 Å². The lowest BCUT2D eigenvalue weighted by molar-refractivity contribution is -0.0153. The predicted octanol–water partition coefficient (Wildman–Crippen LogP) is 1.24. The van der Waals surface area contributed by atoms with Gasteiger partial charge in [-0.3, -0.25) is 4.90 Å². The molecule has 0 radical (unpaired) electrons. The van der Waals surface area contributed by atoms with E-state index in [1.807, 2.05) is 11.8 Å². The molecule has 2 aliphatic rings. The fourth-order valence-corrected chi connectivity index (χ4v) is 4.17. The Bertz CT molecular complexity index is 383. The topological polar surface area (TPSA) is 56.3 Å². The van der Waals surface area contributed by atoms with Crippen LogP contribution in [0.4, 0.5) is 4.79 Å². The predicted molar refractivity (Wildman–Crippen MR) is 90.5 cm³/mol. The second kappa shape index (κ2) is 8.31. The molecule has 0 aromatic rings. The normalized spacial score (nSPS) is 27.4. The van der Waals surface area contributed by atoms with Crippen LogP contribution in [-0.4, -0.2) is 92.0 Å². The molecule has 2 aliphatic heterocycles. The molecule has 0 bridgehead atoms. The first-order valence-corrected chi connectivity index (χ1v) is 8.91. The zero-order valence-electron chi connectivity index (χ0n) is 15.0. The Morgan fingerprint density at radius 2 is 2.00 bits per heavy atom. The highest BCUT2D eigenvalue weighted by Gasteiger charge is 2.38.